The Balaban J connectivity index is 1.56. The van der Waals surface area contributed by atoms with Crippen LogP contribution in [0.1, 0.15) is 51.4 Å². The molecule has 3 aliphatic rings. The maximum atomic E-state index is 12.5. The number of amides is 2. The molecule has 3 fully saturated rings. The molecule has 2 saturated heterocycles. The summed E-state index contributed by atoms with van der Waals surface area (Å²) in [6.07, 6.45) is 6.68. The van der Waals surface area contributed by atoms with Crippen LogP contribution in [0.25, 0.3) is 0 Å². The molecule has 6 heteroatoms. The maximum absolute atomic E-state index is 12.5. The lowest BCUT2D eigenvalue weighted by Gasteiger charge is -2.40. The van der Waals surface area contributed by atoms with E-state index in [9.17, 15) is 14.7 Å². The first-order valence-electron chi connectivity index (χ1n) is 8.58. The lowest BCUT2D eigenvalue weighted by Crippen LogP contribution is -2.54. The summed E-state index contributed by atoms with van der Waals surface area (Å²) in [5, 5.41) is 10.4. The highest BCUT2D eigenvalue weighted by Gasteiger charge is 2.43. The van der Waals surface area contributed by atoms with Crippen LogP contribution in [-0.2, 0) is 9.59 Å². The molecule has 2 heterocycles. The first-order chi connectivity index (χ1) is 10.5. The van der Waals surface area contributed by atoms with Crippen molar-refractivity contribution < 1.29 is 14.7 Å². The van der Waals surface area contributed by atoms with Crippen LogP contribution in [0.4, 0.5) is 0 Å². The van der Waals surface area contributed by atoms with Crippen LogP contribution in [-0.4, -0.2) is 64.0 Å². The second-order valence-electron chi connectivity index (χ2n) is 7.06. The highest BCUT2D eigenvalue weighted by atomic mass is 16.3. The molecule has 2 aliphatic heterocycles. The second-order valence-corrected chi connectivity index (χ2v) is 7.06. The summed E-state index contributed by atoms with van der Waals surface area (Å²) < 4.78 is 0. The van der Waals surface area contributed by atoms with Gasteiger partial charge in [0.1, 0.15) is 5.60 Å². The summed E-state index contributed by atoms with van der Waals surface area (Å²) in [6, 6.07) is 0.202. The molecule has 22 heavy (non-hydrogen) atoms. The smallest absolute Gasteiger partial charge is 0.254 e. The minimum Gasteiger partial charge on any atom is -0.380 e. The van der Waals surface area contributed by atoms with Crippen LogP contribution in [0, 0.1) is 0 Å². The molecular formula is C16H27N3O3. The van der Waals surface area contributed by atoms with Gasteiger partial charge in [0, 0.05) is 19.1 Å². The van der Waals surface area contributed by atoms with Crippen LogP contribution < -0.4 is 5.73 Å². The van der Waals surface area contributed by atoms with E-state index in [4.69, 9.17) is 5.73 Å². The molecule has 0 radical (unpaired) electrons. The van der Waals surface area contributed by atoms with Crippen LogP contribution in [0.5, 0.6) is 0 Å². The average molecular weight is 309 g/mol. The van der Waals surface area contributed by atoms with E-state index in [1.54, 1.807) is 0 Å². The molecule has 0 aromatic heterocycles. The molecule has 1 aliphatic carbocycles. The van der Waals surface area contributed by atoms with Gasteiger partial charge in [0.05, 0.1) is 6.04 Å². The SMILES string of the molecule is NC(=O)C1CCCN1C1CCN(C(=O)C2(O)CCCC2)CC1. The predicted molar refractivity (Wildman–Crippen MR) is 81.9 cm³/mol. The summed E-state index contributed by atoms with van der Waals surface area (Å²) in [6.45, 7) is 2.28. The quantitative estimate of drug-likeness (QED) is 0.781. The Kier molecular flexibility index (Phi) is 4.41. The Bertz CT molecular complexity index is 440. The van der Waals surface area contributed by atoms with Crippen LogP contribution in [0.2, 0.25) is 0 Å². The number of nitrogens with zero attached hydrogens (tertiary/aromatic N) is 2. The zero-order valence-corrected chi connectivity index (χ0v) is 13.2. The molecule has 1 saturated carbocycles. The zero-order valence-electron chi connectivity index (χ0n) is 13.2. The Labute approximate surface area is 131 Å². The number of aliphatic hydroxyl groups is 1. The molecule has 1 unspecified atom stereocenters. The van der Waals surface area contributed by atoms with Gasteiger partial charge in [-0.05, 0) is 57.9 Å². The van der Waals surface area contributed by atoms with E-state index in [1.165, 1.54) is 0 Å². The normalized spacial score (nSPS) is 29.9. The molecule has 1 atom stereocenters. The van der Waals surface area contributed by atoms with Crippen molar-refractivity contribution in [1.82, 2.24) is 9.80 Å². The average Bonchev–Trinajstić information content (AvgIpc) is 3.16. The molecular weight excluding hydrogens is 282 g/mol. The number of rotatable bonds is 3. The number of nitrogens with two attached hydrogens (primary N) is 1. The lowest BCUT2D eigenvalue weighted by molar-refractivity contribution is -0.152. The monoisotopic (exact) mass is 309 g/mol. The van der Waals surface area contributed by atoms with Crippen molar-refractivity contribution in [3.63, 3.8) is 0 Å². The highest BCUT2D eigenvalue weighted by molar-refractivity contribution is 5.85. The number of primary amides is 1. The van der Waals surface area contributed by atoms with E-state index in [-0.39, 0.29) is 17.9 Å². The van der Waals surface area contributed by atoms with Crippen molar-refractivity contribution in [2.45, 2.75) is 69.1 Å². The first-order valence-corrected chi connectivity index (χ1v) is 8.58. The van der Waals surface area contributed by atoms with E-state index in [2.05, 4.69) is 4.90 Å². The standard InChI is InChI=1S/C16H27N3O3/c17-14(20)13-4-3-9-19(13)12-5-10-18(11-6-12)15(21)16(22)7-1-2-8-16/h12-13,22H,1-11H2,(H2,17,20). The fourth-order valence-electron chi connectivity index (χ4n) is 4.40. The van der Waals surface area contributed by atoms with E-state index >= 15 is 0 Å². The van der Waals surface area contributed by atoms with E-state index < -0.39 is 5.60 Å². The summed E-state index contributed by atoms with van der Waals surface area (Å²) in [5.74, 6) is -0.312. The van der Waals surface area contributed by atoms with Gasteiger partial charge in [0.15, 0.2) is 0 Å². The number of hydrogen-bond donors (Lipinski definition) is 2. The summed E-state index contributed by atoms with van der Waals surface area (Å²) >= 11 is 0. The van der Waals surface area contributed by atoms with Gasteiger partial charge in [-0.1, -0.05) is 0 Å². The van der Waals surface area contributed by atoms with Crippen molar-refractivity contribution in [3.05, 3.63) is 0 Å². The fraction of sp³-hybridized carbons (Fsp3) is 0.875. The van der Waals surface area contributed by atoms with Crippen LogP contribution >= 0.6 is 0 Å². The van der Waals surface area contributed by atoms with Gasteiger partial charge in [-0.3, -0.25) is 14.5 Å². The molecule has 124 valence electrons. The molecule has 0 bridgehead atoms. The Hall–Kier alpha value is -1.14. The lowest BCUT2D eigenvalue weighted by atomic mass is 9.96. The van der Waals surface area contributed by atoms with Gasteiger partial charge < -0.3 is 15.7 Å². The third-order valence-corrected chi connectivity index (χ3v) is 5.67. The van der Waals surface area contributed by atoms with Gasteiger partial charge >= 0.3 is 0 Å². The van der Waals surface area contributed by atoms with Crippen molar-refractivity contribution in [2.75, 3.05) is 19.6 Å². The van der Waals surface area contributed by atoms with Gasteiger partial charge in [-0.15, -0.1) is 0 Å². The molecule has 2 amide bonds. The topological polar surface area (TPSA) is 86.9 Å². The van der Waals surface area contributed by atoms with E-state index in [1.807, 2.05) is 4.90 Å². The van der Waals surface area contributed by atoms with Crippen LogP contribution in [0.15, 0.2) is 0 Å². The fourth-order valence-corrected chi connectivity index (χ4v) is 4.40. The highest BCUT2D eigenvalue weighted by Crippen LogP contribution is 2.33. The van der Waals surface area contributed by atoms with Gasteiger partial charge in [-0.2, -0.15) is 0 Å². The molecule has 0 aromatic rings. The number of carbonyl (C=O) groups excluding carboxylic acids is 2. The zero-order chi connectivity index (χ0) is 15.7. The van der Waals surface area contributed by atoms with Gasteiger partial charge in [-0.25, -0.2) is 0 Å². The van der Waals surface area contributed by atoms with Crippen molar-refractivity contribution >= 4 is 11.8 Å². The van der Waals surface area contributed by atoms with Gasteiger partial charge in [0.2, 0.25) is 5.91 Å². The Morgan fingerprint density at radius 2 is 1.64 bits per heavy atom. The summed E-state index contributed by atoms with van der Waals surface area (Å²) in [4.78, 5) is 28.1. The van der Waals surface area contributed by atoms with Crippen molar-refractivity contribution in [1.29, 1.82) is 0 Å². The number of likely N-dealkylation sites (tertiary alicyclic amines) is 2. The number of piperidine rings is 1. The number of carbonyl (C=O) groups is 2. The largest absolute Gasteiger partial charge is 0.380 e. The minimum atomic E-state index is -1.11. The molecule has 0 aromatic carbocycles. The molecule has 0 spiro atoms. The Morgan fingerprint density at radius 3 is 2.23 bits per heavy atom. The third-order valence-electron chi connectivity index (χ3n) is 5.67. The van der Waals surface area contributed by atoms with Crippen molar-refractivity contribution in [3.8, 4) is 0 Å². The summed E-state index contributed by atoms with van der Waals surface area (Å²) in [7, 11) is 0. The summed E-state index contributed by atoms with van der Waals surface area (Å²) in [5.41, 5.74) is 4.38. The molecule has 3 rings (SSSR count). The van der Waals surface area contributed by atoms with Crippen molar-refractivity contribution in [2.24, 2.45) is 5.73 Å². The van der Waals surface area contributed by atoms with E-state index in [0.29, 0.717) is 32.0 Å². The first kappa shape index (κ1) is 15.7. The maximum Gasteiger partial charge on any atom is 0.254 e. The van der Waals surface area contributed by atoms with Gasteiger partial charge in [0.25, 0.3) is 5.91 Å². The molecule has 3 N–H and O–H groups in total. The predicted octanol–water partition coefficient (Wildman–Crippen LogP) is 0.232. The third kappa shape index (κ3) is 2.86. The minimum absolute atomic E-state index is 0.0867. The number of hydrogen-bond acceptors (Lipinski definition) is 4. The Morgan fingerprint density at radius 1 is 1.00 bits per heavy atom. The van der Waals surface area contributed by atoms with E-state index in [0.717, 1.165) is 45.1 Å². The van der Waals surface area contributed by atoms with Crippen LogP contribution in [0.3, 0.4) is 0 Å². The second kappa shape index (κ2) is 6.16. The molecule has 6 nitrogen and oxygen atoms in total.